The van der Waals surface area contributed by atoms with Crippen molar-refractivity contribution in [3.8, 4) is 0 Å². The highest BCUT2D eigenvalue weighted by molar-refractivity contribution is 7.92. The molecule has 0 aliphatic rings. The summed E-state index contributed by atoms with van der Waals surface area (Å²) in [4.78, 5) is 10.7. The fraction of sp³-hybridized carbons (Fsp3) is 0.133. The number of carboxylic acids is 1. The standard InChI is InChI=1S/C15H14ClNO4S/c1-10-4-2-7-13(15(10)16)22(20,21)17-12-6-3-5-11(8-12)9-14(18)19/h2-8,17H,9H2,1H3,(H,18,19). The summed E-state index contributed by atoms with van der Waals surface area (Å²) in [6, 6.07) is 11.0. The van der Waals surface area contributed by atoms with E-state index in [1.54, 1.807) is 37.3 Å². The van der Waals surface area contributed by atoms with Crippen LogP contribution in [0.25, 0.3) is 0 Å². The molecule has 2 aromatic carbocycles. The Morgan fingerprint density at radius 3 is 2.59 bits per heavy atom. The molecule has 2 aromatic rings. The Morgan fingerprint density at radius 1 is 1.23 bits per heavy atom. The molecule has 2 rings (SSSR count). The molecule has 0 aliphatic carbocycles. The van der Waals surface area contributed by atoms with Gasteiger partial charge in [-0.3, -0.25) is 9.52 Å². The van der Waals surface area contributed by atoms with E-state index in [0.717, 1.165) is 0 Å². The van der Waals surface area contributed by atoms with Crippen LogP contribution >= 0.6 is 11.6 Å². The van der Waals surface area contributed by atoms with E-state index in [9.17, 15) is 13.2 Å². The Balaban J connectivity index is 2.33. The van der Waals surface area contributed by atoms with Crippen molar-refractivity contribution in [3.63, 3.8) is 0 Å². The second-order valence-electron chi connectivity index (χ2n) is 4.76. The summed E-state index contributed by atoms with van der Waals surface area (Å²) in [6.45, 7) is 1.72. The first-order valence-electron chi connectivity index (χ1n) is 6.38. The summed E-state index contributed by atoms with van der Waals surface area (Å²) in [5.41, 5.74) is 1.45. The van der Waals surface area contributed by atoms with Crippen molar-refractivity contribution in [2.45, 2.75) is 18.2 Å². The number of halogens is 1. The highest BCUT2D eigenvalue weighted by Gasteiger charge is 2.19. The minimum atomic E-state index is -3.84. The van der Waals surface area contributed by atoms with Crippen molar-refractivity contribution >= 4 is 33.3 Å². The van der Waals surface area contributed by atoms with Crippen LogP contribution in [0.3, 0.4) is 0 Å². The molecule has 0 heterocycles. The van der Waals surface area contributed by atoms with Gasteiger partial charge in [-0.05, 0) is 36.2 Å². The molecule has 0 bridgehead atoms. The van der Waals surface area contributed by atoms with Gasteiger partial charge in [0, 0.05) is 5.69 Å². The molecule has 7 heteroatoms. The van der Waals surface area contributed by atoms with Crippen LogP contribution in [0.2, 0.25) is 5.02 Å². The molecular formula is C15H14ClNO4S. The van der Waals surface area contributed by atoms with Gasteiger partial charge in [0.2, 0.25) is 0 Å². The zero-order chi connectivity index (χ0) is 16.3. The van der Waals surface area contributed by atoms with Crippen molar-refractivity contribution in [1.82, 2.24) is 0 Å². The molecular weight excluding hydrogens is 326 g/mol. The molecule has 0 aliphatic heterocycles. The number of carbonyl (C=O) groups is 1. The molecule has 2 N–H and O–H groups in total. The van der Waals surface area contributed by atoms with Gasteiger partial charge in [-0.15, -0.1) is 0 Å². The maximum atomic E-state index is 12.4. The average molecular weight is 340 g/mol. The van der Waals surface area contributed by atoms with Crippen LogP contribution in [0.4, 0.5) is 5.69 Å². The molecule has 0 unspecified atom stereocenters. The summed E-state index contributed by atoms with van der Waals surface area (Å²) < 4.78 is 27.2. The summed E-state index contributed by atoms with van der Waals surface area (Å²) in [6.07, 6.45) is -0.180. The third-order valence-electron chi connectivity index (χ3n) is 2.98. The summed E-state index contributed by atoms with van der Waals surface area (Å²) in [7, 11) is -3.84. The van der Waals surface area contributed by atoms with Gasteiger partial charge in [-0.2, -0.15) is 0 Å². The van der Waals surface area contributed by atoms with Gasteiger partial charge in [0.25, 0.3) is 10.0 Å². The van der Waals surface area contributed by atoms with Crippen LogP contribution in [-0.2, 0) is 21.2 Å². The monoisotopic (exact) mass is 339 g/mol. The Labute approximate surface area is 133 Å². The van der Waals surface area contributed by atoms with E-state index in [0.29, 0.717) is 11.1 Å². The molecule has 0 atom stereocenters. The lowest BCUT2D eigenvalue weighted by Gasteiger charge is -2.11. The van der Waals surface area contributed by atoms with Crippen molar-refractivity contribution in [2.24, 2.45) is 0 Å². The van der Waals surface area contributed by atoms with Crippen molar-refractivity contribution in [2.75, 3.05) is 4.72 Å². The highest BCUT2D eigenvalue weighted by Crippen LogP contribution is 2.26. The summed E-state index contributed by atoms with van der Waals surface area (Å²) >= 11 is 6.05. The molecule has 116 valence electrons. The number of hydrogen-bond donors (Lipinski definition) is 2. The summed E-state index contributed by atoms with van der Waals surface area (Å²) in [5.74, 6) is -0.985. The quantitative estimate of drug-likeness (QED) is 0.876. The van der Waals surface area contributed by atoms with Gasteiger partial charge >= 0.3 is 5.97 Å². The highest BCUT2D eigenvalue weighted by atomic mass is 35.5. The fourth-order valence-corrected chi connectivity index (χ4v) is 3.59. The van der Waals surface area contributed by atoms with E-state index in [1.165, 1.54) is 12.1 Å². The molecule has 0 radical (unpaired) electrons. The maximum Gasteiger partial charge on any atom is 0.307 e. The van der Waals surface area contributed by atoms with Crippen LogP contribution in [0.15, 0.2) is 47.4 Å². The second kappa shape index (κ2) is 6.37. The molecule has 22 heavy (non-hydrogen) atoms. The maximum absolute atomic E-state index is 12.4. The van der Waals surface area contributed by atoms with E-state index in [1.807, 2.05) is 0 Å². The van der Waals surface area contributed by atoms with Crippen LogP contribution < -0.4 is 4.72 Å². The molecule has 0 fully saturated rings. The predicted octanol–water partition coefficient (Wildman–Crippen LogP) is 3.08. The number of anilines is 1. The number of rotatable bonds is 5. The first-order chi connectivity index (χ1) is 10.3. The molecule has 0 saturated heterocycles. The van der Waals surface area contributed by atoms with Crippen LogP contribution in [0, 0.1) is 6.92 Å². The molecule has 0 saturated carbocycles. The van der Waals surface area contributed by atoms with Gasteiger partial charge in [0.15, 0.2) is 0 Å². The lowest BCUT2D eigenvalue weighted by Crippen LogP contribution is -2.14. The number of aryl methyl sites for hydroxylation is 1. The van der Waals surface area contributed by atoms with E-state index < -0.39 is 16.0 Å². The minimum absolute atomic E-state index is 0.0159. The van der Waals surface area contributed by atoms with Crippen LogP contribution in [0.1, 0.15) is 11.1 Å². The number of sulfonamides is 1. The first-order valence-corrected chi connectivity index (χ1v) is 8.24. The molecule has 0 spiro atoms. The molecule has 0 amide bonds. The number of aliphatic carboxylic acids is 1. The van der Waals surface area contributed by atoms with E-state index in [4.69, 9.17) is 16.7 Å². The van der Waals surface area contributed by atoms with Gasteiger partial charge < -0.3 is 5.11 Å². The van der Waals surface area contributed by atoms with Gasteiger partial charge in [-0.25, -0.2) is 8.42 Å². The number of nitrogens with one attached hydrogen (secondary N) is 1. The normalized spacial score (nSPS) is 11.2. The summed E-state index contributed by atoms with van der Waals surface area (Å²) in [5, 5.41) is 8.94. The van der Waals surface area contributed by atoms with E-state index >= 15 is 0 Å². The predicted molar refractivity (Wildman–Crippen MR) is 84.8 cm³/mol. The van der Waals surface area contributed by atoms with Crippen molar-refractivity contribution in [1.29, 1.82) is 0 Å². The Hall–Kier alpha value is -2.05. The molecule has 5 nitrogen and oxygen atoms in total. The topological polar surface area (TPSA) is 83.5 Å². The third-order valence-corrected chi connectivity index (χ3v) is 5.02. The van der Waals surface area contributed by atoms with Gasteiger partial charge in [0.1, 0.15) is 4.90 Å². The number of benzene rings is 2. The fourth-order valence-electron chi connectivity index (χ4n) is 1.96. The number of carboxylic acid groups (broad SMARTS) is 1. The van der Waals surface area contributed by atoms with Crippen LogP contribution in [-0.4, -0.2) is 19.5 Å². The average Bonchev–Trinajstić information content (AvgIpc) is 2.40. The van der Waals surface area contributed by atoms with Gasteiger partial charge in [0.05, 0.1) is 11.4 Å². The Kier molecular flexibility index (Phi) is 4.73. The Bertz CT molecular complexity index is 818. The van der Waals surface area contributed by atoms with Crippen molar-refractivity contribution < 1.29 is 18.3 Å². The number of hydrogen-bond acceptors (Lipinski definition) is 3. The Morgan fingerprint density at radius 2 is 1.91 bits per heavy atom. The first kappa shape index (κ1) is 16.3. The van der Waals surface area contributed by atoms with E-state index in [2.05, 4.69) is 4.72 Å². The largest absolute Gasteiger partial charge is 0.481 e. The van der Waals surface area contributed by atoms with Crippen molar-refractivity contribution in [3.05, 3.63) is 58.6 Å². The van der Waals surface area contributed by atoms with E-state index in [-0.39, 0.29) is 22.0 Å². The molecule has 0 aromatic heterocycles. The van der Waals surface area contributed by atoms with Crippen LogP contribution in [0.5, 0.6) is 0 Å². The van der Waals surface area contributed by atoms with Gasteiger partial charge in [-0.1, -0.05) is 35.9 Å². The SMILES string of the molecule is Cc1cccc(S(=O)(=O)Nc2cccc(CC(=O)O)c2)c1Cl. The lowest BCUT2D eigenvalue weighted by molar-refractivity contribution is -0.136. The second-order valence-corrected chi connectivity index (χ2v) is 6.79. The zero-order valence-electron chi connectivity index (χ0n) is 11.7. The zero-order valence-corrected chi connectivity index (χ0v) is 13.3. The third kappa shape index (κ3) is 3.78. The lowest BCUT2D eigenvalue weighted by atomic mass is 10.1. The smallest absolute Gasteiger partial charge is 0.307 e. The minimum Gasteiger partial charge on any atom is -0.481 e.